The van der Waals surface area contributed by atoms with Crippen LogP contribution in [0, 0.1) is 17.5 Å². The molecule has 0 saturated heterocycles. The second-order valence-corrected chi connectivity index (χ2v) is 11.1. The van der Waals surface area contributed by atoms with Crippen molar-refractivity contribution in [2.75, 3.05) is 13.7 Å². The van der Waals surface area contributed by atoms with E-state index in [0.717, 1.165) is 29.3 Å². The van der Waals surface area contributed by atoms with Crippen LogP contribution >= 0.6 is 11.6 Å². The molecule has 13 heteroatoms. The van der Waals surface area contributed by atoms with Crippen molar-refractivity contribution in [2.45, 2.75) is 25.7 Å². The van der Waals surface area contributed by atoms with Gasteiger partial charge in [-0.1, -0.05) is 23.7 Å². The number of ether oxygens (including phenoxy) is 3. The van der Waals surface area contributed by atoms with Crippen molar-refractivity contribution in [1.29, 1.82) is 0 Å². The van der Waals surface area contributed by atoms with E-state index in [4.69, 9.17) is 30.8 Å². The first kappa shape index (κ1) is 28.8. The van der Waals surface area contributed by atoms with Crippen LogP contribution in [-0.4, -0.2) is 43.9 Å². The third-order valence-electron chi connectivity index (χ3n) is 7.73. The van der Waals surface area contributed by atoms with E-state index in [1.807, 2.05) is 22.8 Å². The summed E-state index contributed by atoms with van der Waals surface area (Å²) in [6.45, 7) is 2.35. The fourth-order valence-corrected chi connectivity index (χ4v) is 5.73. The Bertz CT molecular complexity index is 2070. The van der Waals surface area contributed by atoms with Crippen LogP contribution in [0.4, 0.5) is 13.2 Å². The molecule has 45 heavy (non-hydrogen) atoms. The highest BCUT2D eigenvalue weighted by molar-refractivity contribution is 6.30. The Hall–Kier alpha value is -4.94. The third-order valence-corrected chi connectivity index (χ3v) is 7.96. The molecule has 1 unspecified atom stereocenters. The summed E-state index contributed by atoms with van der Waals surface area (Å²) in [5.41, 5.74) is 2.60. The highest BCUT2D eigenvalue weighted by Gasteiger charge is 2.42. The van der Waals surface area contributed by atoms with E-state index >= 15 is 8.78 Å². The lowest BCUT2D eigenvalue weighted by molar-refractivity contribution is -0.0705. The first-order valence-corrected chi connectivity index (χ1v) is 14.3. The quantitative estimate of drug-likeness (QED) is 0.196. The molecule has 2 aromatic heterocycles. The summed E-state index contributed by atoms with van der Waals surface area (Å²) in [6.07, 6.45) is 0.0133. The molecule has 1 atom stereocenters. The average Bonchev–Trinajstić information content (AvgIpc) is 3.75. The molecule has 0 radical (unpaired) electrons. The molecule has 0 fully saturated rings. The molecule has 1 aliphatic rings. The molecule has 9 nitrogen and oxygen atoms in total. The Kier molecular flexibility index (Phi) is 7.17. The Balaban J connectivity index is 1.23. The predicted octanol–water partition coefficient (Wildman–Crippen LogP) is 6.84. The molecular formula is C32H24ClF3N6O3. The van der Waals surface area contributed by atoms with E-state index in [2.05, 4.69) is 20.6 Å². The maximum absolute atomic E-state index is 15.8. The van der Waals surface area contributed by atoms with E-state index in [1.54, 1.807) is 32.2 Å². The molecule has 0 amide bonds. The van der Waals surface area contributed by atoms with Crippen molar-refractivity contribution in [3.05, 3.63) is 106 Å². The standard InChI is InChI=1S/C32H24ClF3N6O3/c1-32(22-8-7-19(33)15-25(22)36)44-28-5-3-4-20(30(28)45-32)21-16-23(34)18(12-24(21)35)14-29-37-26-9-6-17(31-38-40-41-39-31)13-27(26)42(29)10-11-43-2/h3-9,12-13,15-16H,10-11,14H2,1-2H3,(H,38,39,40,41). The molecule has 1 aliphatic heterocycles. The van der Waals surface area contributed by atoms with E-state index < -0.39 is 23.2 Å². The van der Waals surface area contributed by atoms with Crippen LogP contribution in [0.15, 0.2) is 66.7 Å². The van der Waals surface area contributed by atoms with Crippen molar-refractivity contribution in [1.82, 2.24) is 30.2 Å². The first-order valence-electron chi connectivity index (χ1n) is 13.9. The lowest BCUT2D eigenvalue weighted by Gasteiger charge is -2.24. The van der Waals surface area contributed by atoms with Gasteiger partial charge in [0.25, 0.3) is 5.79 Å². The Morgan fingerprint density at radius 2 is 1.82 bits per heavy atom. The van der Waals surface area contributed by atoms with Gasteiger partial charge in [0.05, 0.1) is 23.2 Å². The van der Waals surface area contributed by atoms with E-state index in [1.165, 1.54) is 12.1 Å². The number of benzene rings is 4. The molecule has 228 valence electrons. The molecule has 0 aliphatic carbocycles. The third kappa shape index (κ3) is 5.15. The summed E-state index contributed by atoms with van der Waals surface area (Å²) in [6, 6.07) is 16.8. The van der Waals surface area contributed by atoms with Gasteiger partial charge in [-0.2, -0.15) is 5.21 Å². The summed E-state index contributed by atoms with van der Waals surface area (Å²) in [7, 11) is 1.58. The number of hydrogen-bond acceptors (Lipinski definition) is 7. The monoisotopic (exact) mass is 632 g/mol. The van der Waals surface area contributed by atoms with Crippen LogP contribution < -0.4 is 9.47 Å². The van der Waals surface area contributed by atoms with Crippen molar-refractivity contribution in [3.63, 3.8) is 0 Å². The maximum Gasteiger partial charge on any atom is 0.278 e. The molecule has 0 bridgehead atoms. The summed E-state index contributed by atoms with van der Waals surface area (Å²) in [4.78, 5) is 4.72. The summed E-state index contributed by atoms with van der Waals surface area (Å²) in [5, 5.41) is 14.3. The summed E-state index contributed by atoms with van der Waals surface area (Å²) >= 11 is 5.92. The fraction of sp³-hybridized carbons (Fsp3) is 0.188. The van der Waals surface area contributed by atoms with Gasteiger partial charge >= 0.3 is 0 Å². The van der Waals surface area contributed by atoms with Gasteiger partial charge in [0, 0.05) is 48.7 Å². The average molecular weight is 633 g/mol. The van der Waals surface area contributed by atoms with Crippen molar-refractivity contribution >= 4 is 22.6 Å². The van der Waals surface area contributed by atoms with Gasteiger partial charge in [-0.3, -0.25) is 0 Å². The number of fused-ring (bicyclic) bond motifs is 2. The van der Waals surface area contributed by atoms with E-state index in [9.17, 15) is 4.39 Å². The number of methoxy groups -OCH3 is 1. The molecule has 4 aromatic carbocycles. The largest absolute Gasteiger partial charge is 0.444 e. The van der Waals surface area contributed by atoms with E-state index in [-0.39, 0.29) is 45.2 Å². The summed E-state index contributed by atoms with van der Waals surface area (Å²) < 4.78 is 65.7. The number of hydrogen-bond donors (Lipinski definition) is 1. The molecular weight excluding hydrogens is 609 g/mol. The van der Waals surface area contributed by atoms with Gasteiger partial charge in [-0.05, 0) is 65.4 Å². The Morgan fingerprint density at radius 1 is 0.956 bits per heavy atom. The van der Waals surface area contributed by atoms with Gasteiger partial charge in [0.2, 0.25) is 5.82 Å². The number of aromatic amines is 1. The van der Waals surface area contributed by atoms with Crippen molar-refractivity contribution in [2.24, 2.45) is 0 Å². The summed E-state index contributed by atoms with van der Waals surface area (Å²) in [5.74, 6) is -2.10. The number of halogens is 4. The molecule has 6 aromatic rings. The smallest absolute Gasteiger partial charge is 0.278 e. The van der Waals surface area contributed by atoms with Gasteiger partial charge in [-0.25, -0.2) is 18.2 Å². The number of tetrazole rings is 1. The first-order chi connectivity index (χ1) is 21.7. The highest BCUT2D eigenvalue weighted by Crippen LogP contribution is 2.50. The number of H-pyrrole nitrogens is 1. The van der Waals surface area contributed by atoms with Crippen LogP contribution in [0.1, 0.15) is 23.9 Å². The molecule has 0 spiro atoms. The number of imidazole rings is 1. The van der Waals surface area contributed by atoms with Crippen LogP contribution in [0.25, 0.3) is 33.5 Å². The maximum atomic E-state index is 15.8. The SMILES string of the molecule is COCCn1c(Cc2cc(F)c(-c3cccc4c3OC(C)(c3ccc(Cl)cc3F)O4)cc2F)nc2ccc(-c3nn[nH]n3)cc21. The number of nitrogens with one attached hydrogen (secondary N) is 1. The van der Waals surface area contributed by atoms with Crippen LogP contribution in [0.3, 0.4) is 0 Å². The van der Waals surface area contributed by atoms with Crippen molar-refractivity contribution < 1.29 is 27.4 Å². The van der Waals surface area contributed by atoms with Gasteiger partial charge in [-0.15, -0.1) is 10.2 Å². The van der Waals surface area contributed by atoms with Crippen LogP contribution in [0.2, 0.25) is 5.02 Å². The molecule has 3 heterocycles. The highest BCUT2D eigenvalue weighted by atomic mass is 35.5. The minimum absolute atomic E-state index is 0.0133. The molecule has 1 N–H and O–H groups in total. The van der Waals surface area contributed by atoms with Crippen molar-refractivity contribution in [3.8, 4) is 34.0 Å². The second-order valence-electron chi connectivity index (χ2n) is 10.6. The fourth-order valence-electron chi connectivity index (χ4n) is 5.57. The molecule has 7 rings (SSSR count). The zero-order valence-electron chi connectivity index (χ0n) is 23.9. The molecule has 0 saturated carbocycles. The van der Waals surface area contributed by atoms with E-state index in [0.29, 0.717) is 30.3 Å². The minimum atomic E-state index is -1.55. The Labute approximate surface area is 259 Å². The predicted molar refractivity (Wildman–Crippen MR) is 159 cm³/mol. The zero-order chi connectivity index (χ0) is 31.3. The lowest BCUT2D eigenvalue weighted by Crippen LogP contribution is -2.32. The van der Waals surface area contributed by atoms with Crippen LogP contribution in [0.5, 0.6) is 11.5 Å². The normalized spacial score (nSPS) is 15.7. The van der Waals surface area contributed by atoms with Gasteiger partial charge < -0.3 is 18.8 Å². The van der Waals surface area contributed by atoms with Crippen LogP contribution in [-0.2, 0) is 23.5 Å². The second kappa shape index (κ2) is 11.2. The lowest BCUT2D eigenvalue weighted by atomic mass is 10.00. The number of nitrogens with zero attached hydrogens (tertiary/aromatic N) is 5. The number of aromatic nitrogens is 6. The van der Waals surface area contributed by atoms with Gasteiger partial charge in [0.1, 0.15) is 23.3 Å². The zero-order valence-corrected chi connectivity index (χ0v) is 24.7. The number of rotatable bonds is 8. The number of para-hydroxylation sites is 1. The van der Waals surface area contributed by atoms with Gasteiger partial charge in [0.15, 0.2) is 11.5 Å². The Morgan fingerprint density at radius 3 is 2.60 bits per heavy atom. The minimum Gasteiger partial charge on any atom is -0.444 e. The topological polar surface area (TPSA) is 100.0 Å².